The van der Waals surface area contributed by atoms with E-state index < -0.39 is 0 Å². The van der Waals surface area contributed by atoms with Crippen LogP contribution in [0.25, 0.3) is 0 Å². The SMILES string of the molecule is Cc1cc(C)c(C(=O)N2CCN(c3ccccc3F)CC2)cc1C. The molecule has 0 aromatic heterocycles. The number of halogens is 1. The molecule has 1 aliphatic heterocycles. The van der Waals surface area contributed by atoms with Crippen LogP contribution in [-0.2, 0) is 0 Å². The molecule has 1 amide bonds. The van der Waals surface area contributed by atoms with Crippen LogP contribution in [0.15, 0.2) is 36.4 Å². The molecular formula is C20H23FN2O. The first-order valence-electron chi connectivity index (χ1n) is 8.34. The van der Waals surface area contributed by atoms with Gasteiger partial charge in [-0.05, 0) is 55.7 Å². The molecule has 4 heteroatoms. The van der Waals surface area contributed by atoms with Crippen molar-refractivity contribution < 1.29 is 9.18 Å². The van der Waals surface area contributed by atoms with Crippen LogP contribution in [0.4, 0.5) is 10.1 Å². The lowest BCUT2D eigenvalue weighted by Crippen LogP contribution is -2.49. The highest BCUT2D eigenvalue weighted by molar-refractivity contribution is 5.96. The van der Waals surface area contributed by atoms with Crippen molar-refractivity contribution in [2.24, 2.45) is 0 Å². The molecule has 1 aliphatic rings. The molecule has 0 bridgehead atoms. The van der Waals surface area contributed by atoms with Gasteiger partial charge in [0.15, 0.2) is 0 Å². The summed E-state index contributed by atoms with van der Waals surface area (Å²) in [5, 5.41) is 0. The average Bonchev–Trinajstić information content (AvgIpc) is 2.58. The first-order chi connectivity index (χ1) is 11.5. The number of nitrogens with zero attached hydrogens (tertiary/aromatic N) is 2. The number of hydrogen-bond acceptors (Lipinski definition) is 2. The van der Waals surface area contributed by atoms with Crippen LogP contribution in [0.3, 0.4) is 0 Å². The lowest BCUT2D eigenvalue weighted by Gasteiger charge is -2.36. The minimum absolute atomic E-state index is 0.0729. The fraction of sp³-hybridized carbons (Fsp3) is 0.350. The molecule has 2 aromatic carbocycles. The molecule has 1 heterocycles. The summed E-state index contributed by atoms with van der Waals surface area (Å²) >= 11 is 0. The van der Waals surface area contributed by atoms with E-state index in [1.807, 2.05) is 35.8 Å². The first kappa shape index (κ1) is 16.5. The maximum atomic E-state index is 13.9. The molecule has 0 saturated carbocycles. The molecule has 1 fully saturated rings. The Balaban J connectivity index is 1.72. The van der Waals surface area contributed by atoms with E-state index in [-0.39, 0.29) is 11.7 Å². The Morgan fingerprint density at radius 2 is 1.54 bits per heavy atom. The number of para-hydroxylation sites is 1. The molecule has 3 nitrogen and oxygen atoms in total. The summed E-state index contributed by atoms with van der Waals surface area (Å²) in [6.45, 7) is 8.59. The Morgan fingerprint density at radius 1 is 0.917 bits per heavy atom. The monoisotopic (exact) mass is 326 g/mol. The zero-order valence-corrected chi connectivity index (χ0v) is 14.5. The number of amides is 1. The Hall–Kier alpha value is -2.36. The molecule has 3 rings (SSSR count). The molecule has 2 aromatic rings. The van der Waals surface area contributed by atoms with E-state index in [1.54, 1.807) is 12.1 Å². The maximum absolute atomic E-state index is 13.9. The average molecular weight is 326 g/mol. The molecule has 0 N–H and O–H groups in total. The van der Waals surface area contributed by atoms with E-state index in [0.717, 1.165) is 16.7 Å². The van der Waals surface area contributed by atoms with Crippen molar-refractivity contribution in [3.8, 4) is 0 Å². The summed E-state index contributed by atoms with van der Waals surface area (Å²) in [4.78, 5) is 16.7. The number of benzene rings is 2. The second-order valence-corrected chi connectivity index (χ2v) is 6.48. The van der Waals surface area contributed by atoms with E-state index in [1.165, 1.54) is 11.6 Å². The molecule has 0 atom stereocenters. The molecule has 0 aliphatic carbocycles. The van der Waals surface area contributed by atoms with E-state index in [9.17, 15) is 9.18 Å². The summed E-state index contributed by atoms with van der Waals surface area (Å²) in [5.41, 5.74) is 4.74. The molecule has 0 unspecified atom stereocenters. The highest BCUT2D eigenvalue weighted by atomic mass is 19.1. The van der Waals surface area contributed by atoms with Gasteiger partial charge in [-0.15, -0.1) is 0 Å². The number of carbonyl (C=O) groups excluding carboxylic acids is 1. The Bertz CT molecular complexity index is 764. The zero-order chi connectivity index (χ0) is 17.3. The summed E-state index contributed by atoms with van der Waals surface area (Å²) in [5.74, 6) is -0.133. The van der Waals surface area contributed by atoms with E-state index in [4.69, 9.17) is 0 Å². The molecule has 0 spiro atoms. The van der Waals surface area contributed by atoms with E-state index >= 15 is 0 Å². The maximum Gasteiger partial charge on any atom is 0.254 e. The fourth-order valence-electron chi connectivity index (χ4n) is 3.22. The van der Waals surface area contributed by atoms with Crippen LogP contribution in [0.5, 0.6) is 0 Å². The summed E-state index contributed by atoms with van der Waals surface area (Å²) in [7, 11) is 0. The number of hydrogen-bond donors (Lipinski definition) is 0. The third-order valence-corrected chi connectivity index (χ3v) is 4.83. The van der Waals surface area contributed by atoms with Gasteiger partial charge in [-0.25, -0.2) is 4.39 Å². The van der Waals surface area contributed by atoms with Gasteiger partial charge in [0.05, 0.1) is 5.69 Å². The molecule has 1 saturated heterocycles. The number of rotatable bonds is 2. The number of carbonyl (C=O) groups is 1. The predicted octanol–water partition coefficient (Wildman–Crippen LogP) is 3.71. The lowest BCUT2D eigenvalue weighted by atomic mass is 10.00. The van der Waals surface area contributed by atoms with Gasteiger partial charge < -0.3 is 9.80 Å². The lowest BCUT2D eigenvalue weighted by molar-refractivity contribution is 0.0746. The van der Waals surface area contributed by atoms with Crippen molar-refractivity contribution >= 4 is 11.6 Å². The third kappa shape index (κ3) is 3.14. The topological polar surface area (TPSA) is 23.6 Å². The van der Waals surface area contributed by atoms with Crippen molar-refractivity contribution in [1.29, 1.82) is 0 Å². The van der Waals surface area contributed by atoms with Crippen LogP contribution < -0.4 is 4.90 Å². The van der Waals surface area contributed by atoms with E-state index in [0.29, 0.717) is 31.9 Å². The third-order valence-electron chi connectivity index (χ3n) is 4.83. The fourth-order valence-corrected chi connectivity index (χ4v) is 3.22. The van der Waals surface area contributed by atoms with Crippen LogP contribution in [0.1, 0.15) is 27.0 Å². The molecule has 0 radical (unpaired) electrons. The van der Waals surface area contributed by atoms with Crippen molar-refractivity contribution in [2.45, 2.75) is 20.8 Å². The van der Waals surface area contributed by atoms with Gasteiger partial charge in [-0.1, -0.05) is 18.2 Å². The van der Waals surface area contributed by atoms with Crippen molar-refractivity contribution in [1.82, 2.24) is 4.90 Å². The smallest absolute Gasteiger partial charge is 0.254 e. The minimum atomic E-state index is -0.206. The van der Waals surface area contributed by atoms with Gasteiger partial charge in [0.2, 0.25) is 0 Å². The summed E-state index contributed by atoms with van der Waals surface area (Å²) < 4.78 is 13.9. The van der Waals surface area contributed by atoms with Crippen molar-refractivity contribution in [2.75, 3.05) is 31.1 Å². The minimum Gasteiger partial charge on any atom is -0.366 e. The Morgan fingerprint density at radius 3 is 2.21 bits per heavy atom. The second kappa shape index (κ2) is 6.63. The Labute approximate surface area is 142 Å². The van der Waals surface area contributed by atoms with E-state index in [2.05, 4.69) is 13.0 Å². The quantitative estimate of drug-likeness (QED) is 0.840. The Kier molecular flexibility index (Phi) is 4.56. The molecule has 126 valence electrons. The van der Waals surface area contributed by atoms with Crippen LogP contribution >= 0.6 is 0 Å². The largest absolute Gasteiger partial charge is 0.366 e. The van der Waals surface area contributed by atoms with Gasteiger partial charge in [-0.2, -0.15) is 0 Å². The van der Waals surface area contributed by atoms with Gasteiger partial charge in [0, 0.05) is 31.7 Å². The van der Waals surface area contributed by atoms with Crippen LogP contribution in [0.2, 0.25) is 0 Å². The number of anilines is 1. The van der Waals surface area contributed by atoms with Gasteiger partial charge >= 0.3 is 0 Å². The normalized spacial score (nSPS) is 14.8. The van der Waals surface area contributed by atoms with Crippen molar-refractivity contribution in [3.63, 3.8) is 0 Å². The van der Waals surface area contributed by atoms with Crippen LogP contribution in [0, 0.1) is 26.6 Å². The van der Waals surface area contributed by atoms with Crippen LogP contribution in [-0.4, -0.2) is 37.0 Å². The predicted molar refractivity (Wildman–Crippen MR) is 95.2 cm³/mol. The molecular weight excluding hydrogens is 303 g/mol. The second-order valence-electron chi connectivity index (χ2n) is 6.48. The zero-order valence-electron chi connectivity index (χ0n) is 14.5. The highest BCUT2D eigenvalue weighted by Crippen LogP contribution is 2.22. The first-order valence-corrected chi connectivity index (χ1v) is 8.34. The number of aryl methyl sites for hydroxylation is 3. The number of piperazine rings is 1. The highest BCUT2D eigenvalue weighted by Gasteiger charge is 2.24. The van der Waals surface area contributed by atoms with Gasteiger partial charge in [-0.3, -0.25) is 4.79 Å². The standard InChI is InChI=1S/C20H23FN2O/c1-14-12-16(3)17(13-15(14)2)20(24)23-10-8-22(9-11-23)19-7-5-4-6-18(19)21/h4-7,12-13H,8-11H2,1-3H3. The molecule has 24 heavy (non-hydrogen) atoms. The van der Waals surface area contributed by atoms with Gasteiger partial charge in [0.1, 0.15) is 5.82 Å². The van der Waals surface area contributed by atoms with Crippen molar-refractivity contribution in [3.05, 3.63) is 64.5 Å². The van der Waals surface area contributed by atoms with Gasteiger partial charge in [0.25, 0.3) is 5.91 Å². The summed E-state index contributed by atoms with van der Waals surface area (Å²) in [6.07, 6.45) is 0. The summed E-state index contributed by atoms with van der Waals surface area (Å²) in [6, 6.07) is 10.9.